The van der Waals surface area contributed by atoms with Crippen molar-refractivity contribution < 1.29 is 4.74 Å². The van der Waals surface area contributed by atoms with E-state index >= 15 is 0 Å². The van der Waals surface area contributed by atoms with Gasteiger partial charge in [0.05, 0.1) is 17.8 Å². The number of hydrogen-bond acceptors (Lipinski definition) is 4. The lowest BCUT2D eigenvalue weighted by Gasteiger charge is -2.09. The summed E-state index contributed by atoms with van der Waals surface area (Å²) in [4.78, 5) is 4.36. The topological polar surface area (TPSA) is 51.5 Å². The van der Waals surface area contributed by atoms with E-state index in [1.54, 1.807) is 17.7 Å². The van der Waals surface area contributed by atoms with Crippen molar-refractivity contribution in [1.29, 1.82) is 0 Å². The molecule has 3 rings (SSSR count). The van der Waals surface area contributed by atoms with E-state index in [0.717, 1.165) is 11.3 Å². The Morgan fingerprint density at radius 3 is 2.89 bits per heavy atom. The number of halogens is 1. The van der Waals surface area contributed by atoms with Crippen LogP contribution in [-0.2, 0) is 0 Å². The van der Waals surface area contributed by atoms with E-state index in [9.17, 15) is 0 Å². The molecule has 0 fully saturated rings. The quantitative estimate of drug-likeness (QED) is 0.797. The number of aromatic nitrogens is 3. The Morgan fingerprint density at radius 1 is 1.21 bits per heavy atom. The lowest BCUT2D eigenvalue weighted by atomic mass is 10.3. The average Bonchev–Trinajstić information content (AvgIpc) is 2.81. The molecule has 19 heavy (non-hydrogen) atoms. The maximum atomic E-state index is 6.06. The van der Waals surface area contributed by atoms with Gasteiger partial charge in [0.15, 0.2) is 11.4 Å². The van der Waals surface area contributed by atoms with Crippen molar-refractivity contribution in [2.75, 3.05) is 12.4 Å². The van der Waals surface area contributed by atoms with Crippen LogP contribution in [0.4, 0.5) is 11.6 Å². The monoisotopic (exact) mass is 274 g/mol. The van der Waals surface area contributed by atoms with Gasteiger partial charge >= 0.3 is 0 Å². The fourth-order valence-electron chi connectivity index (χ4n) is 1.82. The van der Waals surface area contributed by atoms with Crippen LogP contribution < -0.4 is 10.1 Å². The summed E-state index contributed by atoms with van der Waals surface area (Å²) in [6.07, 6.45) is 1.84. The third-order valence-corrected chi connectivity index (χ3v) is 2.96. The third-order valence-electron chi connectivity index (χ3n) is 2.66. The van der Waals surface area contributed by atoms with Gasteiger partial charge in [0, 0.05) is 6.20 Å². The number of anilines is 2. The smallest absolute Gasteiger partial charge is 0.247 e. The molecule has 2 aromatic heterocycles. The highest BCUT2D eigenvalue weighted by Crippen LogP contribution is 2.33. The lowest BCUT2D eigenvalue weighted by Crippen LogP contribution is -1.97. The normalized spacial score (nSPS) is 10.6. The van der Waals surface area contributed by atoms with Gasteiger partial charge in [-0.1, -0.05) is 23.7 Å². The zero-order valence-electron chi connectivity index (χ0n) is 10.2. The van der Waals surface area contributed by atoms with E-state index in [0.29, 0.717) is 16.7 Å². The van der Waals surface area contributed by atoms with Crippen LogP contribution >= 0.6 is 11.6 Å². The second-order valence-corrected chi connectivity index (χ2v) is 4.29. The fraction of sp³-hybridized carbons (Fsp3) is 0.0769. The van der Waals surface area contributed by atoms with Gasteiger partial charge in [0.25, 0.3) is 0 Å². The summed E-state index contributed by atoms with van der Waals surface area (Å²) in [7, 11) is 1.57. The Labute approximate surface area is 114 Å². The van der Waals surface area contributed by atoms with Crippen molar-refractivity contribution in [2.24, 2.45) is 0 Å². The van der Waals surface area contributed by atoms with Crippen molar-refractivity contribution in [3.63, 3.8) is 0 Å². The summed E-state index contributed by atoms with van der Waals surface area (Å²) in [6, 6.07) is 11.1. The molecule has 0 radical (unpaired) electrons. The summed E-state index contributed by atoms with van der Waals surface area (Å²) < 4.78 is 6.96. The first-order chi connectivity index (χ1) is 9.28. The Balaban J connectivity index is 1.99. The molecule has 0 amide bonds. The van der Waals surface area contributed by atoms with Crippen LogP contribution in [0.2, 0.25) is 5.02 Å². The van der Waals surface area contributed by atoms with E-state index < -0.39 is 0 Å². The summed E-state index contributed by atoms with van der Waals surface area (Å²) in [6.45, 7) is 0. The van der Waals surface area contributed by atoms with E-state index in [2.05, 4.69) is 15.4 Å². The Bertz CT molecular complexity index is 692. The molecule has 2 heterocycles. The van der Waals surface area contributed by atoms with Gasteiger partial charge in [-0.25, -0.2) is 4.52 Å². The molecular formula is C13H11ClN4O. The van der Waals surface area contributed by atoms with E-state index in [-0.39, 0.29) is 0 Å². The minimum Gasteiger partial charge on any atom is -0.493 e. The molecule has 6 heteroatoms. The van der Waals surface area contributed by atoms with Crippen LogP contribution in [0.15, 0.2) is 42.6 Å². The standard InChI is InChI=1S/C13H11ClN4O/c1-19-12-9(14)5-4-6-10(12)15-13-16-11-7-2-3-8-18(11)17-13/h2-8H,1H3,(H,15,17). The molecule has 0 saturated carbocycles. The van der Waals surface area contributed by atoms with Gasteiger partial charge in [-0.15, -0.1) is 5.10 Å². The molecule has 0 aliphatic carbocycles. The first kappa shape index (κ1) is 11.8. The van der Waals surface area contributed by atoms with Crippen LogP contribution in [0.25, 0.3) is 5.65 Å². The highest BCUT2D eigenvalue weighted by atomic mass is 35.5. The zero-order chi connectivity index (χ0) is 13.2. The second-order valence-electron chi connectivity index (χ2n) is 3.88. The molecule has 0 aliphatic heterocycles. The lowest BCUT2D eigenvalue weighted by molar-refractivity contribution is 0.417. The number of pyridine rings is 1. The minimum absolute atomic E-state index is 0.492. The molecule has 0 aliphatic rings. The first-order valence-corrected chi connectivity index (χ1v) is 6.06. The van der Waals surface area contributed by atoms with E-state index in [1.165, 1.54) is 0 Å². The number of benzene rings is 1. The third kappa shape index (κ3) is 2.20. The SMILES string of the molecule is COc1c(Cl)cccc1Nc1nc2ccccn2n1. The highest BCUT2D eigenvalue weighted by molar-refractivity contribution is 6.32. The number of para-hydroxylation sites is 1. The van der Waals surface area contributed by atoms with Gasteiger partial charge in [-0.2, -0.15) is 4.98 Å². The Kier molecular flexibility index (Phi) is 2.97. The molecule has 5 nitrogen and oxygen atoms in total. The molecule has 0 bridgehead atoms. The minimum atomic E-state index is 0.492. The largest absolute Gasteiger partial charge is 0.493 e. The summed E-state index contributed by atoms with van der Waals surface area (Å²) in [5.74, 6) is 1.06. The molecule has 0 spiro atoms. The zero-order valence-corrected chi connectivity index (χ0v) is 10.9. The molecule has 96 valence electrons. The molecule has 0 atom stereocenters. The fourth-order valence-corrected chi connectivity index (χ4v) is 2.07. The van der Waals surface area contributed by atoms with Crippen LogP contribution in [0.1, 0.15) is 0 Å². The summed E-state index contributed by atoms with van der Waals surface area (Å²) in [5.41, 5.74) is 1.50. The number of fused-ring (bicyclic) bond motifs is 1. The van der Waals surface area contributed by atoms with Crippen molar-refractivity contribution in [2.45, 2.75) is 0 Å². The number of rotatable bonds is 3. The Morgan fingerprint density at radius 2 is 2.11 bits per heavy atom. The van der Waals surface area contributed by atoms with Crippen molar-refractivity contribution in [1.82, 2.24) is 14.6 Å². The molecule has 1 N–H and O–H groups in total. The summed E-state index contributed by atoms with van der Waals surface area (Å²) in [5, 5.41) is 7.95. The van der Waals surface area contributed by atoms with Crippen LogP contribution in [0, 0.1) is 0 Å². The number of methoxy groups -OCH3 is 1. The number of ether oxygens (including phenoxy) is 1. The number of nitrogens with one attached hydrogen (secondary N) is 1. The molecule has 1 aromatic carbocycles. The van der Waals surface area contributed by atoms with Gasteiger partial charge in [0.2, 0.25) is 5.95 Å². The summed E-state index contributed by atoms with van der Waals surface area (Å²) >= 11 is 6.06. The van der Waals surface area contributed by atoms with Crippen LogP contribution in [-0.4, -0.2) is 21.7 Å². The first-order valence-electron chi connectivity index (χ1n) is 5.69. The predicted octanol–water partition coefficient (Wildman–Crippen LogP) is 3.13. The van der Waals surface area contributed by atoms with Gasteiger partial charge in [-0.05, 0) is 24.3 Å². The van der Waals surface area contributed by atoms with E-state index in [1.807, 2.05) is 36.5 Å². The van der Waals surface area contributed by atoms with Gasteiger partial charge in [-0.3, -0.25) is 0 Å². The number of nitrogens with zero attached hydrogens (tertiary/aromatic N) is 3. The van der Waals surface area contributed by atoms with Gasteiger partial charge < -0.3 is 10.1 Å². The molecule has 0 unspecified atom stereocenters. The van der Waals surface area contributed by atoms with Crippen LogP contribution in [0.5, 0.6) is 5.75 Å². The van der Waals surface area contributed by atoms with Crippen LogP contribution in [0.3, 0.4) is 0 Å². The Hall–Kier alpha value is -2.27. The van der Waals surface area contributed by atoms with Crippen molar-refractivity contribution in [3.8, 4) is 5.75 Å². The maximum Gasteiger partial charge on any atom is 0.247 e. The predicted molar refractivity (Wildman–Crippen MR) is 74.3 cm³/mol. The highest BCUT2D eigenvalue weighted by Gasteiger charge is 2.09. The van der Waals surface area contributed by atoms with Crippen molar-refractivity contribution in [3.05, 3.63) is 47.6 Å². The average molecular weight is 275 g/mol. The molecular weight excluding hydrogens is 264 g/mol. The molecule has 0 saturated heterocycles. The second kappa shape index (κ2) is 4.78. The van der Waals surface area contributed by atoms with E-state index in [4.69, 9.17) is 16.3 Å². The maximum absolute atomic E-state index is 6.06. The number of hydrogen-bond donors (Lipinski definition) is 1. The van der Waals surface area contributed by atoms with Crippen molar-refractivity contribution >= 4 is 28.9 Å². The van der Waals surface area contributed by atoms with Gasteiger partial charge in [0.1, 0.15) is 0 Å². The molecule has 3 aromatic rings.